The van der Waals surface area contributed by atoms with E-state index in [1.165, 1.54) is 24.3 Å². The Labute approximate surface area is 173 Å². The molecule has 0 aliphatic rings. The van der Waals surface area contributed by atoms with Crippen molar-refractivity contribution in [1.29, 1.82) is 0 Å². The third-order valence-corrected chi connectivity index (χ3v) is 4.52. The molecule has 0 spiro atoms. The monoisotopic (exact) mass is 412 g/mol. The van der Waals surface area contributed by atoms with Crippen LogP contribution in [0, 0.1) is 10.1 Å². The Hall–Kier alpha value is -3.75. The molecule has 158 valence electrons. The van der Waals surface area contributed by atoms with Gasteiger partial charge < -0.3 is 16.4 Å². The molecule has 0 aliphatic carbocycles. The quantitative estimate of drug-likeness (QED) is 0.402. The van der Waals surface area contributed by atoms with Crippen LogP contribution in [0.25, 0.3) is 0 Å². The van der Waals surface area contributed by atoms with E-state index in [1.54, 1.807) is 0 Å². The molecule has 0 saturated carbocycles. The van der Waals surface area contributed by atoms with Gasteiger partial charge in [0, 0.05) is 31.4 Å². The Balaban J connectivity index is 1.83. The summed E-state index contributed by atoms with van der Waals surface area (Å²) in [6.07, 6.45) is -0.0420. The summed E-state index contributed by atoms with van der Waals surface area (Å²) in [6, 6.07) is 13.9. The lowest BCUT2D eigenvalue weighted by molar-refractivity contribution is -0.384. The Morgan fingerprint density at radius 1 is 0.967 bits per heavy atom. The van der Waals surface area contributed by atoms with Crippen LogP contribution in [0.4, 0.5) is 5.69 Å². The van der Waals surface area contributed by atoms with Crippen LogP contribution in [0.15, 0.2) is 54.6 Å². The lowest BCUT2D eigenvalue weighted by Crippen LogP contribution is -2.46. The van der Waals surface area contributed by atoms with Crippen LogP contribution < -0.4 is 16.4 Å². The van der Waals surface area contributed by atoms with E-state index in [9.17, 15) is 24.5 Å². The number of hydrogen-bond acceptors (Lipinski definition) is 5. The van der Waals surface area contributed by atoms with E-state index in [2.05, 4.69) is 10.6 Å². The normalized spacial score (nSPS) is 12.4. The molecular weight excluding hydrogens is 388 g/mol. The number of hydrogen-bond donors (Lipinski definition) is 3. The number of rotatable bonds is 10. The predicted molar refractivity (Wildman–Crippen MR) is 110 cm³/mol. The molecular formula is C21H24N4O5. The van der Waals surface area contributed by atoms with Gasteiger partial charge in [0.05, 0.1) is 11.0 Å². The highest BCUT2D eigenvalue weighted by Gasteiger charge is 2.20. The highest BCUT2D eigenvalue weighted by Crippen LogP contribution is 2.14. The van der Waals surface area contributed by atoms with Gasteiger partial charge in [-0.25, -0.2) is 0 Å². The number of carbonyl (C=O) groups excluding carboxylic acids is 3. The molecule has 0 unspecified atom stereocenters. The average Bonchev–Trinajstić information content (AvgIpc) is 2.72. The van der Waals surface area contributed by atoms with Gasteiger partial charge in [-0.15, -0.1) is 0 Å². The van der Waals surface area contributed by atoms with Crippen LogP contribution in [0.5, 0.6) is 0 Å². The largest absolute Gasteiger partial charge is 0.368 e. The summed E-state index contributed by atoms with van der Waals surface area (Å²) >= 11 is 0. The maximum atomic E-state index is 12.2. The van der Waals surface area contributed by atoms with Crippen molar-refractivity contribution >= 4 is 23.4 Å². The van der Waals surface area contributed by atoms with Crippen molar-refractivity contribution in [2.75, 3.05) is 0 Å². The fraction of sp³-hybridized carbons (Fsp3) is 0.286. The minimum atomic E-state index is -0.981. The summed E-state index contributed by atoms with van der Waals surface area (Å²) in [5, 5.41) is 16.0. The first-order valence-electron chi connectivity index (χ1n) is 9.42. The average molecular weight is 412 g/mol. The Morgan fingerprint density at radius 2 is 1.53 bits per heavy atom. The predicted octanol–water partition coefficient (Wildman–Crippen LogP) is 1.76. The summed E-state index contributed by atoms with van der Waals surface area (Å²) < 4.78 is 0. The molecule has 0 aliphatic heterocycles. The standard InChI is InChI=1S/C21H24N4O5/c1-14(16-5-3-2-4-6-16)23-19(26)11-12-20(27)24-18(21(22)28)13-15-7-9-17(10-8-15)25(29)30/h2-10,14,18H,11-13H2,1H3,(H2,22,28)(H,23,26)(H,24,27)/t14-,18+/m1/s1. The van der Waals surface area contributed by atoms with Gasteiger partial charge in [-0.2, -0.15) is 0 Å². The SMILES string of the molecule is C[C@@H](NC(=O)CCC(=O)N[C@@H](Cc1ccc([N+](=O)[O-])cc1)C(N)=O)c1ccccc1. The van der Waals surface area contributed by atoms with Gasteiger partial charge >= 0.3 is 0 Å². The molecule has 2 aromatic rings. The summed E-state index contributed by atoms with van der Waals surface area (Å²) in [4.78, 5) is 46.1. The minimum absolute atomic E-state index is 0.0357. The molecule has 0 saturated heterocycles. The van der Waals surface area contributed by atoms with Crippen molar-refractivity contribution < 1.29 is 19.3 Å². The maximum absolute atomic E-state index is 12.2. The van der Waals surface area contributed by atoms with Crippen LogP contribution in [0.2, 0.25) is 0 Å². The van der Waals surface area contributed by atoms with Gasteiger partial charge in [-0.3, -0.25) is 24.5 Å². The molecule has 9 heteroatoms. The maximum Gasteiger partial charge on any atom is 0.269 e. The van der Waals surface area contributed by atoms with Crippen molar-refractivity contribution in [3.05, 3.63) is 75.8 Å². The van der Waals surface area contributed by atoms with Crippen molar-refractivity contribution in [2.24, 2.45) is 5.73 Å². The smallest absolute Gasteiger partial charge is 0.269 e. The molecule has 4 N–H and O–H groups in total. The number of nitrogens with two attached hydrogens (primary N) is 1. The van der Waals surface area contributed by atoms with E-state index in [4.69, 9.17) is 5.73 Å². The molecule has 0 bridgehead atoms. The van der Waals surface area contributed by atoms with Crippen molar-refractivity contribution in [3.8, 4) is 0 Å². The van der Waals surface area contributed by atoms with Crippen molar-refractivity contribution in [1.82, 2.24) is 10.6 Å². The number of nitro groups is 1. The van der Waals surface area contributed by atoms with Crippen LogP contribution >= 0.6 is 0 Å². The second-order valence-electron chi connectivity index (χ2n) is 6.85. The highest BCUT2D eigenvalue weighted by atomic mass is 16.6. The van der Waals surface area contributed by atoms with E-state index in [-0.39, 0.29) is 36.9 Å². The first kappa shape index (κ1) is 22.5. The van der Waals surface area contributed by atoms with Gasteiger partial charge in [-0.1, -0.05) is 42.5 Å². The van der Waals surface area contributed by atoms with Crippen molar-refractivity contribution in [3.63, 3.8) is 0 Å². The van der Waals surface area contributed by atoms with E-state index < -0.39 is 22.8 Å². The second kappa shape index (κ2) is 10.7. The van der Waals surface area contributed by atoms with Crippen LogP contribution in [-0.2, 0) is 20.8 Å². The lowest BCUT2D eigenvalue weighted by Gasteiger charge is -2.16. The molecule has 2 aromatic carbocycles. The van der Waals surface area contributed by atoms with Gasteiger partial charge in [0.15, 0.2) is 0 Å². The Kier molecular flexibility index (Phi) is 8.04. The third kappa shape index (κ3) is 7.01. The van der Waals surface area contributed by atoms with E-state index in [0.29, 0.717) is 5.56 Å². The van der Waals surface area contributed by atoms with Crippen molar-refractivity contribution in [2.45, 2.75) is 38.3 Å². The van der Waals surface area contributed by atoms with Crippen LogP contribution in [-0.4, -0.2) is 28.7 Å². The number of primary amides is 1. The zero-order valence-electron chi connectivity index (χ0n) is 16.5. The third-order valence-electron chi connectivity index (χ3n) is 4.52. The molecule has 9 nitrogen and oxygen atoms in total. The first-order valence-corrected chi connectivity index (χ1v) is 9.42. The summed E-state index contributed by atoms with van der Waals surface area (Å²) in [6.45, 7) is 1.85. The number of amides is 3. The second-order valence-corrected chi connectivity index (χ2v) is 6.85. The van der Waals surface area contributed by atoms with E-state index >= 15 is 0 Å². The molecule has 3 amide bonds. The number of nitrogens with zero attached hydrogens (tertiary/aromatic N) is 1. The van der Waals surface area contributed by atoms with E-state index in [1.807, 2.05) is 37.3 Å². The molecule has 2 atom stereocenters. The molecule has 0 radical (unpaired) electrons. The van der Waals surface area contributed by atoms with Gasteiger partial charge in [-0.05, 0) is 18.1 Å². The number of carbonyl (C=O) groups is 3. The molecule has 0 heterocycles. The van der Waals surface area contributed by atoms with E-state index in [0.717, 1.165) is 5.56 Å². The first-order chi connectivity index (χ1) is 14.3. The Bertz CT molecular complexity index is 899. The van der Waals surface area contributed by atoms with Gasteiger partial charge in [0.25, 0.3) is 5.69 Å². The van der Waals surface area contributed by atoms with Crippen LogP contribution in [0.1, 0.15) is 36.9 Å². The summed E-state index contributed by atoms with van der Waals surface area (Å²) in [5.74, 6) is -1.50. The molecule has 0 fully saturated rings. The summed E-state index contributed by atoms with van der Waals surface area (Å²) in [5.41, 5.74) is 6.84. The number of non-ortho nitro benzene ring substituents is 1. The number of nitro benzene ring substituents is 1. The fourth-order valence-electron chi connectivity index (χ4n) is 2.84. The molecule has 30 heavy (non-hydrogen) atoms. The number of nitrogens with one attached hydrogen (secondary N) is 2. The number of benzene rings is 2. The van der Waals surface area contributed by atoms with Gasteiger partial charge in [0.1, 0.15) is 6.04 Å². The summed E-state index contributed by atoms with van der Waals surface area (Å²) in [7, 11) is 0. The minimum Gasteiger partial charge on any atom is -0.368 e. The molecule has 0 aromatic heterocycles. The lowest BCUT2D eigenvalue weighted by atomic mass is 10.0. The fourth-order valence-corrected chi connectivity index (χ4v) is 2.84. The zero-order chi connectivity index (χ0) is 22.1. The topological polar surface area (TPSA) is 144 Å². The molecule has 2 rings (SSSR count). The zero-order valence-corrected chi connectivity index (χ0v) is 16.5. The highest BCUT2D eigenvalue weighted by molar-refractivity contribution is 5.88. The van der Waals surface area contributed by atoms with Gasteiger partial charge in [0.2, 0.25) is 17.7 Å². The van der Waals surface area contributed by atoms with Crippen LogP contribution in [0.3, 0.4) is 0 Å². The Morgan fingerprint density at radius 3 is 2.07 bits per heavy atom.